The van der Waals surface area contributed by atoms with Gasteiger partial charge in [-0.05, 0) is 56.7 Å². The summed E-state index contributed by atoms with van der Waals surface area (Å²) in [6.07, 6.45) is 4.53. The zero-order chi connectivity index (χ0) is 13.0. The van der Waals surface area contributed by atoms with Gasteiger partial charge in [-0.25, -0.2) is 0 Å². The molecular weight excluding hydrogens is 222 g/mol. The van der Waals surface area contributed by atoms with Gasteiger partial charge in [-0.1, -0.05) is 24.3 Å². The van der Waals surface area contributed by atoms with E-state index in [1.165, 1.54) is 24.8 Å². The summed E-state index contributed by atoms with van der Waals surface area (Å²) < 4.78 is 0. The van der Waals surface area contributed by atoms with Crippen molar-refractivity contribution in [3.05, 3.63) is 35.4 Å². The summed E-state index contributed by atoms with van der Waals surface area (Å²) in [6.45, 7) is 3.96. The van der Waals surface area contributed by atoms with Gasteiger partial charge in [0.1, 0.15) is 0 Å². The Kier molecular flexibility index (Phi) is 4.79. The Hall–Kier alpha value is -0.860. The van der Waals surface area contributed by atoms with E-state index in [1.54, 1.807) is 5.56 Å². The van der Waals surface area contributed by atoms with Gasteiger partial charge in [-0.3, -0.25) is 0 Å². The lowest BCUT2D eigenvalue weighted by molar-refractivity contribution is 0.161. The smallest absolute Gasteiger partial charge is 0.0524 e. The minimum Gasteiger partial charge on any atom is -0.393 e. The number of fused-ring (bicyclic) bond motifs is 1. The summed E-state index contributed by atoms with van der Waals surface area (Å²) >= 11 is 0. The molecule has 100 valence electrons. The van der Waals surface area contributed by atoms with Crippen molar-refractivity contribution in [3.8, 4) is 0 Å². The molecule has 0 fully saturated rings. The van der Waals surface area contributed by atoms with Gasteiger partial charge in [0, 0.05) is 13.1 Å². The predicted molar refractivity (Wildman–Crippen MR) is 75.9 cm³/mol. The summed E-state index contributed by atoms with van der Waals surface area (Å²) in [5.41, 5.74) is 3.09. The Morgan fingerprint density at radius 2 is 2.17 bits per heavy atom. The average molecular weight is 247 g/mol. The second-order valence-electron chi connectivity index (χ2n) is 5.69. The number of aliphatic hydroxyl groups excluding tert-OH is 1. The first-order valence-corrected chi connectivity index (χ1v) is 7.11. The van der Waals surface area contributed by atoms with Crippen LogP contribution in [0.2, 0.25) is 0 Å². The summed E-state index contributed by atoms with van der Waals surface area (Å²) in [4.78, 5) is 2.36. The molecule has 0 spiro atoms. The molecule has 0 saturated heterocycles. The van der Waals surface area contributed by atoms with E-state index < -0.39 is 0 Å². The summed E-state index contributed by atoms with van der Waals surface area (Å²) in [6, 6.07) is 8.88. The molecule has 1 aromatic carbocycles. The highest BCUT2D eigenvalue weighted by Crippen LogP contribution is 2.31. The number of nitrogens with zero attached hydrogens (tertiary/aromatic N) is 1. The second-order valence-corrected chi connectivity index (χ2v) is 5.69. The van der Waals surface area contributed by atoms with Crippen LogP contribution >= 0.6 is 0 Å². The van der Waals surface area contributed by atoms with Crippen LogP contribution in [0, 0.1) is 0 Å². The molecular formula is C16H25NO. The largest absolute Gasteiger partial charge is 0.393 e. The Labute approximate surface area is 111 Å². The third-order valence-electron chi connectivity index (χ3n) is 3.95. The van der Waals surface area contributed by atoms with Gasteiger partial charge in [0.2, 0.25) is 0 Å². The molecule has 0 bridgehead atoms. The topological polar surface area (TPSA) is 23.5 Å². The highest BCUT2D eigenvalue weighted by molar-refractivity contribution is 5.32. The monoisotopic (exact) mass is 247 g/mol. The van der Waals surface area contributed by atoms with Crippen molar-refractivity contribution in [1.29, 1.82) is 0 Å². The molecule has 0 saturated carbocycles. The van der Waals surface area contributed by atoms with E-state index in [-0.39, 0.29) is 6.10 Å². The minimum atomic E-state index is -0.189. The number of hydrogen-bond donors (Lipinski definition) is 1. The fourth-order valence-electron chi connectivity index (χ4n) is 2.92. The van der Waals surface area contributed by atoms with Crippen LogP contribution in [0.15, 0.2) is 24.3 Å². The Morgan fingerprint density at radius 1 is 1.39 bits per heavy atom. The number of benzene rings is 1. The molecule has 1 aromatic rings. The fourth-order valence-corrected chi connectivity index (χ4v) is 2.92. The van der Waals surface area contributed by atoms with E-state index in [0.717, 1.165) is 19.5 Å². The maximum atomic E-state index is 9.34. The first kappa shape index (κ1) is 13.6. The first-order chi connectivity index (χ1) is 8.66. The van der Waals surface area contributed by atoms with Gasteiger partial charge in [0.25, 0.3) is 0 Å². The molecule has 0 radical (unpaired) electrons. The van der Waals surface area contributed by atoms with E-state index in [1.807, 2.05) is 6.92 Å². The third kappa shape index (κ3) is 3.56. The lowest BCUT2D eigenvalue weighted by atomic mass is 9.82. The molecule has 1 N–H and O–H groups in total. The zero-order valence-corrected chi connectivity index (χ0v) is 11.6. The molecule has 1 aliphatic carbocycles. The number of aryl methyl sites for hydroxylation is 1. The van der Waals surface area contributed by atoms with Crippen LogP contribution in [-0.2, 0) is 6.42 Å². The third-order valence-corrected chi connectivity index (χ3v) is 3.95. The van der Waals surface area contributed by atoms with Gasteiger partial charge in [-0.15, -0.1) is 0 Å². The highest BCUT2D eigenvalue weighted by atomic mass is 16.3. The lowest BCUT2D eigenvalue weighted by Crippen LogP contribution is -2.29. The molecule has 2 atom stereocenters. The Bertz CT molecular complexity index is 375. The first-order valence-electron chi connectivity index (χ1n) is 7.11. The molecule has 2 nitrogen and oxygen atoms in total. The molecule has 1 aliphatic rings. The van der Waals surface area contributed by atoms with Gasteiger partial charge in [-0.2, -0.15) is 0 Å². The SMILES string of the molecule is CC(O)CCN(C)CC1CCCc2ccccc21. The molecule has 0 aromatic heterocycles. The number of likely N-dealkylation sites (N-methyl/N-ethyl adjacent to an activating group) is 1. The summed E-state index contributed by atoms with van der Waals surface area (Å²) in [7, 11) is 2.17. The van der Waals surface area contributed by atoms with Crippen LogP contribution in [0.1, 0.15) is 43.2 Å². The maximum absolute atomic E-state index is 9.34. The Balaban J connectivity index is 1.94. The highest BCUT2D eigenvalue weighted by Gasteiger charge is 2.20. The number of hydrogen-bond acceptors (Lipinski definition) is 2. The summed E-state index contributed by atoms with van der Waals surface area (Å²) in [5, 5.41) is 9.34. The van der Waals surface area contributed by atoms with E-state index >= 15 is 0 Å². The second kappa shape index (κ2) is 6.35. The van der Waals surface area contributed by atoms with Crippen LogP contribution in [0.25, 0.3) is 0 Å². The van der Waals surface area contributed by atoms with Crippen LogP contribution < -0.4 is 0 Å². The molecule has 2 rings (SSSR count). The van der Waals surface area contributed by atoms with E-state index in [2.05, 4.69) is 36.2 Å². The standard InChI is InChI=1S/C16H25NO/c1-13(18)10-11-17(2)12-15-8-5-7-14-6-3-4-9-16(14)15/h3-4,6,9,13,15,18H,5,7-8,10-12H2,1-2H3. The maximum Gasteiger partial charge on any atom is 0.0524 e. The van der Waals surface area contributed by atoms with E-state index in [4.69, 9.17) is 0 Å². The van der Waals surface area contributed by atoms with Crippen LogP contribution in [0.4, 0.5) is 0 Å². The molecule has 18 heavy (non-hydrogen) atoms. The fraction of sp³-hybridized carbons (Fsp3) is 0.625. The van der Waals surface area contributed by atoms with Crippen molar-refractivity contribution in [1.82, 2.24) is 4.90 Å². The normalized spacial score (nSPS) is 20.8. The molecule has 0 amide bonds. The van der Waals surface area contributed by atoms with Crippen LogP contribution in [-0.4, -0.2) is 36.2 Å². The van der Waals surface area contributed by atoms with Crippen molar-refractivity contribution in [2.75, 3.05) is 20.1 Å². The van der Waals surface area contributed by atoms with E-state index in [0.29, 0.717) is 5.92 Å². The molecule has 2 heteroatoms. The molecule has 0 heterocycles. The van der Waals surface area contributed by atoms with Crippen molar-refractivity contribution in [3.63, 3.8) is 0 Å². The van der Waals surface area contributed by atoms with Crippen molar-refractivity contribution >= 4 is 0 Å². The quantitative estimate of drug-likeness (QED) is 0.865. The Morgan fingerprint density at radius 3 is 2.94 bits per heavy atom. The lowest BCUT2D eigenvalue weighted by Gasteiger charge is -2.29. The average Bonchev–Trinajstić information content (AvgIpc) is 2.37. The molecule has 0 aliphatic heterocycles. The van der Waals surface area contributed by atoms with Crippen LogP contribution in [0.3, 0.4) is 0 Å². The van der Waals surface area contributed by atoms with Gasteiger partial charge in [0.05, 0.1) is 6.10 Å². The summed E-state index contributed by atoms with van der Waals surface area (Å²) in [5.74, 6) is 0.675. The van der Waals surface area contributed by atoms with E-state index in [9.17, 15) is 5.11 Å². The number of aliphatic hydroxyl groups is 1. The zero-order valence-electron chi connectivity index (χ0n) is 11.6. The van der Waals surface area contributed by atoms with Gasteiger partial charge >= 0.3 is 0 Å². The van der Waals surface area contributed by atoms with Gasteiger partial charge < -0.3 is 10.0 Å². The number of rotatable bonds is 5. The van der Waals surface area contributed by atoms with Crippen molar-refractivity contribution < 1.29 is 5.11 Å². The van der Waals surface area contributed by atoms with Crippen molar-refractivity contribution in [2.24, 2.45) is 0 Å². The molecule has 2 unspecified atom stereocenters. The van der Waals surface area contributed by atoms with Gasteiger partial charge in [0.15, 0.2) is 0 Å². The minimum absolute atomic E-state index is 0.189. The predicted octanol–water partition coefficient (Wildman–Crippen LogP) is 2.81. The van der Waals surface area contributed by atoms with Crippen molar-refractivity contribution in [2.45, 2.75) is 44.6 Å². The van der Waals surface area contributed by atoms with Crippen LogP contribution in [0.5, 0.6) is 0 Å².